The van der Waals surface area contributed by atoms with Crippen molar-refractivity contribution in [3.05, 3.63) is 0 Å². The number of hydrogen-bond donors (Lipinski definition) is 1. The van der Waals surface area contributed by atoms with E-state index >= 15 is 0 Å². The minimum atomic E-state index is 0.630. The third-order valence-electron chi connectivity index (χ3n) is 4.49. The molecule has 1 saturated heterocycles. The van der Waals surface area contributed by atoms with Gasteiger partial charge in [0.2, 0.25) is 0 Å². The van der Waals surface area contributed by atoms with E-state index in [2.05, 4.69) is 49.9 Å². The van der Waals surface area contributed by atoms with Crippen LogP contribution in [-0.2, 0) is 0 Å². The Morgan fingerprint density at radius 1 is 1.29 bits per heavy atom. The first kappa shape index (κ1) is 14.9. The molecule has 0 saturated carbocycles. The third kappa shape index (κ3) is 3.67. The zero-order valence-electron chi connectivity index (χ0n) is 12.4. The first-order valence-corrected chi connectivity index (χ1v) is 7.33. The van der Waals surface area contributed by atoms with Crippen molar-refractivity contribution in [1.82, 2.24) is 15.1 Å². The Morgan fingerprint density at radius 3 is 2.41 bits per heavy atom. The average Bonchev–Trinajstić information content (AvgIpc) is 2.81. The van der Waals surface area contributed by atoms with E-state index in [9.17, 15) is 0 Å². The van der Waals surface area contributed by atoms with Crippen molar-refractivity contribution in [3.8, 4) is 0 Å². The molecule has 1 N–H and O–H groups in total. The summed E-state index contributed by atoms with van der Waals surface area (Å²) >= 11 is 0. The van der Waals surface area contributed by atoms with E-state index in [1.54, 1.807) is 0 Å². The van der Waals surface area contributed by atoms with Crippen molar-refractivity contribution in [3.63, 3.8) is 0 Å². The van der Waals surface area contributed by atoms with Crippen LogP contribution in [0.1, 0.15) is 40.5 Å². The van der Waals surface area contributed by atoms with Gasteiger partial charge < -0.3 is 5.32 Å². The summed E-state index contributed by atoms with van der Waals surface area (Å²) in [6.45, 7) is 14.1. The molecule has 1 heterocycles. The largest absolute Gasteiger partial charge is 0.315 e. The Bertz CT molecular complexity index is 200. The minimum Gasteiger partial charge on any atom is -0.315 e. The lowest BCUT2D eigenvalue weighted by molar-refractivity contribution is 0.172. The molecule has 1 rings (SSSR count). The molecule has 3 nitrogen and oxygen atoms in total. The fourth-order valence-electron chi connectivity index (χ4n) is 3.22. The van der Waals surface area contributed by atoms with Gasteiger partial charge >= 0.3 is 0 Å². The zero-order valence-corrected chi connectivity index (χ0v) is 12.4. The summed E-state index contributed by atoms with van der Waals surface area (Å²) in [5.74, 6) is 0. The number of likely N-dealkylation sites (N-methyl/N-ethyl adjacent to an activating group) is 2. The molecule has 0 aromatic rings. The Hall–Kier alpha value is -0.120. The van der Waals surface area contributed by atoms with Crippen molar-refractivity contribution < 1.29 is 0 Å². The fraction of sp³-hybridized carbons (Fsp3) is 1.00. The molecule has 17 heavy (non-hydrogen) atoms. The van der Waals surface area contributed by atoms with Crippen molar-refractivity contribution in [1.29, 1.82) is 0 Å². The average molecular weight is 241 g/mol. The normalized spacial score (nSPS) is 25.4. The van der Waals surface area contributed by atoms with Gasteiger partial charge in [-0.1, -0.05) is 20.8 Å². The summed E-state index contributed by atoms with van der Waals surface area (Å²) in [5, 5.41) is 3.45. The molecular formula is C14H31N3. The maximum atomic E-state index is 3.45. The van der Waals surface area contributed by atoms with Gasteiger partial charge in [-0.25, -0.2) is 0 Å². The molecule has 0 aliphatic carbocycles. The molecular weight excluding hydrogens is 210 g/mol. The third-order valence-corrected chi connectivity index (χ3v) is 4.49. The second-order valence-electron chi connectivity index (χ2n) is 5.20. The van der Waals surface area contributed by atoms with Crippen LogP contribution < -0.4 is 5.32 Å². The van der Waals surface area contributed by atoms with Crippen LogP contribution in [0.2, 0.25) is 0 Å². The molecule has 0 radical (unpaired) electrons. The molecule has 0 bridgehead atoms. The van der Waals surface area contributed by atoms with Crippen molar-refractivity contribution >= 4 is 0 Å². The summed E-state index contributed by atoms with van der Waals surface area (Å²) < 4.78 is 0. The lowest BCUT2D eigenvalue weighted by Crippen LogP contribution is -2.47. The topological polar surface area (TPSA) is 18.5 Å². The van der Waals surface area contributed by atoms with Crippen LogP contribution >= 0.6 is 0 Å². The highest BCUT2D eigenvalue weighted by Crippen LogP contribution is 2.19. The van der Waals surface area contributed by atoms with Gasteiger partial charge in [-0.3, -0.25) is 9.80 Å². The van der Waals surface area contributed by atoms with Crippen LogP contribution in [0.25, 0.3) is 0 Å². The minimum absolute atomic E-state index is 0.630. The highest BCUT2D eigenvalue weighted by Gasteiger charge is 2.31. The molecule has 0 amide bonds. The smallest absolute Gasteiger partial charge is 0.0235 e. The molecule has 1 fully saturated rings. The Kier molecular flexibility index (Phi) is 6.45. The Morgan fingerprint density at radius 2 is 1.94 bits per heavy atom. The number of hydrogen-bond acceptors (Lipinski definition) is 3. The molecule has 0 spiro atoms. The fourth-order valence-corrected chi connectivity index (χ4v) is 3.22. The van der Waals surface area contributed by atoms with E-state index < -0.39 is 0 Å². The molecule has 0 aromatic heterocycles. The summed E-state index contributed by atoms with van der Waals surface area (Å²) in [4.78, 5) is 5.26. The van der Waals surface area contributed by atoms with Crippen LogP contribution in [0.4, 0.5) is 0 Å². The Balaban J connectivity index is 2.48. The second-order valence-corrected chi connectivity index (χ2v) is 5.20. The molecule has 0 aromatic carbocycles. The van der Waals surface area contributed by atoms with Gasteiger partial charge in [0.1, 0.15) is 0 Å². The van der Waals surface area contributed by atoms with Gasteiger partial charge in [0, 0.05) is 31.2 Å². The molecule has 3 unspecified atom stereocenters. The van der Waals surface area contributed by atoms with E-state index in [1.807, 2.05) is 0 Å². The molecule has 102 valence electrons. The van der Waals surface area contributed by atoms with Gasteiger partial charge in [-0.05, 0) is 39.9 Å². The zero-order chi connectivity index (χ0) is 12.8. The maximum Gasteiger partial charge on any atom is 0.0235 e. The van der Waals surface area contributed by atoms with Crippen LogP contribution in [0.5, 0.6) is 0 Å². The number of nitrogens with one attached hydrogen (secondary N) is 1. The number of nitrogens with zero attached hydrogens (tertiary/aromatic N) is 2. The molecule has 1 aliphatic heterocycles. The maximum absolute atomic E-state index is 3.45. The number of rotatable bonds is 7. The molecule has 3 atom stereocenters. The van der Waals surface area contributed by atoms with Crippen molar-refractivity contribution in [2.45, 2.75) is 58.7 Å². The van der Waals surface area contributed by atoms with Gasteiger partial charge in [-0.2, -0.15) is 0 Å². The highest BCUT2D eigenvalue weighted by atomic mass is 15.3. The van der Waals surface area contributed by atoms with E-state index in [4.69, 9.17) is 0 Å². The SMILES string of the molecule is CCC(NC)C(C)N1CCC(N(CC)CC)C1. The Labute approximate surface area is 108 Å². The highest BCUT2D eigenvalue weighted by molar-refractivity contribution is 4.89. The van der Waals surface area contributed by atoms with Gasteiger partial charge in [0.25, 0.3) is 0 Å². The predicted octanol–water partition coefficient (Wildman–Crippen LogP) is 1.79. The van der Waals surface area contributed by atoms with Gasteiger partial charge in [-0.15, -0.1) is 0 Å². The van der Waals surface area contributed by atoms with Crippen LogP contribution in [0.3, 0.4) is 0 Å². The number of likely N-dealkylation sites (tertiary alicyclic amines) is 1. The lowest BCUT2D eigenvalue weighted by Gasteiger charge is -2.32. The second kappa shape index (κ2) is 7.34. The lowest BCUT2D eigenvalue weighted by atomic mass is 10.1. The van der Waals surface area contributed by atoms with Crippen molar-refractivity contribution in [2.24, 2.45) is 0 Å². The standard InChI is InChI=1S/C14H31N3/c1-6-14(15-5)12(4)17-10-9-13(11-17)16(7-2)8-3/h12-15H,6-11H2,1-5H3. The van der Waals surface area contributed by atoms with Crippen LogP contribution in [0.15, 0.2) is 0 Å². The van der Waals surface area contributed by atoms with E-state index in [-0.39, 0.29) is 0 Å². The van der Waals surface area contributed by atoms with E-state index in [0.29, 0.717) is 12.1 Å². The first-order chi connectivity index (χ1) is 8.17. The van der Waals surface area contributed by atoms with Gasteiger partial charge in [0.15, 0.2) is 0 Å². The van der Waals surface area contributed by atoms with Crippen molar-refractivity contribution in [2.75, 3.05) is 33.2 Å². The van der Waals surface area contributed by atoms with E-state index in [0.717, 1.165) is 6.04 Å². The molecule has 3 heteroatoms. The van der Waals surface area contributed by atoms with Gasteiger partial charge in [0.05, 0.1) is 0 Å². The first-order valence-electron chi connectivity index (χ1n) is 7.33. The summed E-state index contributed by atoms with van der Waals surface area (Å²) in [6, 6.07) is 2.07. The van der Waals surface area contributed by atoms with Crippen LogP contribution in [-0.4, -0.2) is 61.2 Å². The van der Waals surface area contributed by atoms with E-state index in [1.165, 1.54) is 39.0 Å². The predicted molar refractivity (Wildman–Crippen MR) is 75.5 cm³/mol. The monoisotopic (exact) mass is 241 g/mol. The quantitative estimate of drug-likeness (QED) is 0.733. The summed E-state index contributed by atoms with van der Waals surface area (Å²) in [5.41, 5.74) is 0. The van der Waals surface area contributed by atoms with Crippen LogP contribution in [0, 0.1) is 0 Å². The summed E-state index contributed by atoms with van der Waals surface area (Å²) in [6.07, 6.45) is 2.55. The summed E-state index contributed by atoms with van der Waals surface area (Å²) in [7, 11) is 2.09. The molecule has 1 aliphatic rings.